The summed E-state index contributed by atoms with van der Waals surface area (Å²) in [4.78, 5) is 40.0. The first-order valence-electron chi connectivity index (χ1n) is 8.68. The van der Waals surface area contributed by atoms with Gasteiger partial charge in [0.25, 0.3) is 0 Å². The molecule has 7 nitrogen and oxygen atoms in total. The molecule has 142 valence electrons. The number of esters is 1. The third-order valence-corrected chi connectivity index (χ3v) is 4.03. The lowest BCUT2D eigenvalue weighted by Gasteiger charge is -2.27. The maximum Gasteiger partial charge on any atom is 0.331 e. The zero-order valence-electron chi connectivity index (χ0n) is 16.0. The molecule has 2 rings (SSSR count). The van der Waals surface area contributed by atoms with Gasteiger partial charge >= 0.3 is 12.0 Å². The van der Waals surface area contributed by atoms with Crippen LogP contribution in [0.25, 0.3) is 0 Å². The van der Waals surface area contributed by atoms with E-state index in [1.165, 1.54) is 4.90 Å². The van der Waals surface area contributed by atoms with Crippen LogP contribution in [0.15, 0.2) is 30.3 Å². The predicted octanol–water partition coefficient (Wildman–Crippen LogP) is 1.77. The number of benzene rings is 1. The van der Waals surface area contributed by atoms with Crippen molar-refractivity contribution in [1.82, 2.24) is 15.1 Å². The van der Waals surface area contributed by atoms with E-state index in [0.29, 0.717) is 6.54 Å². The lowest BCUT2D eigenvalue weighted by molar-refractivity contribution is -0.161. The molecule has 3 amide bonds. The van der Waals surface area contributed by atoms with Gasteiger partial charge in [0.05, 0.1) is 12.6 Å². The van der Waals surface area contributed by atoms with Gasteiger partial charge in [-0.15, -0.1) is 0 Å². The first kappa shape index (κ1) is 19.9. The van der Waals surface area contributed by atoms with Gasteiger partial charge in [-0.1, -0.05) is 30.3 Å². The number of carbonyl (C=O) groups excluding carboxylic acids is 3. The number of carbonyl (C=O) groups is 3. The number of amides is 3. The van der Waals surface area contributed by atoms with Crippen LogP contribution in [0.4, 0.5) is 4.79 Å². The highest BCUT2D eigenvalue weighted by Gasteiger charge is 2.46. The number of likely N-dealkylation sites (N-methyl/N-ethyl adjacent to an activating group) is 1. The van der Waals surface area contributed by atoms with Gasteiger partial charge in [-0.2, -0.15) is 0 Å². The summed E-state index contributed by atoms with van der Waals surface area (Å²) in [6.45, 7) is 7.56. The second-order valence-corrected chi connectivity index (χ2v) is 7.51. The molecule has 1 aromatic rings. The quantitative estimate of drug-likeness (QED) is 0.809. The van der Waals surface area contributed by atoms with Crippen LogP contribution >= 0.6 is 0 Å². The van der Waals surface area contributed by atoms with Crippen LogP contribution < -0.4 is 5.32 Å². The molecule has 2 atom stereocenters. The largest absolute Gasteiger partial charge is 0.458 e. The molecule has 0 bridgehead atoms. The van der Waals surface area contributed by atoms with Gasteiger partial charge in [-0.05, 0) is 33.3 Å². The molecule has 0 aromatic heterocycles. The molecule has 1 fully saturated rings. The highest BCUT2D eigenvalue weighted by molar-refractivity contribution is 6.03. The number of urea groups is 1. The topological polar surface area (TPSA) is 79.0 Å². The van der Waals surface area contributed by atoms with Crippen LogP contribution in [0.5, 0.6) is 0 Å². The Kier molecular flexibility index (Phi) is 6.02. The number of rotatable bonds is 5. The summed E-state index contributed by atoms with van der Waals surface area (Å²) >= 11 is 0. The van der Waals surface area contributed by atoms with Crippen molar-refractivity contribution in [3.05, 3.63) is 35.9 Å². The van der Waals surface area contributed by atoms with Crippen molar-refractivity contribution in [3.63, 3.8) is 0 Å². The van der Waals surface area contributed by atoms with Crippen LogP contribution in [0, 0.1) is 0 Å². The number of nitrogens with zero attached hydrogens (tertiary/aromatic N) is 2. The summed E-state index contributed by atoms with van der Waals surface area (Å²) in [5.74, 6) is -1.01. The summed E-state index contributed by atoms with van der Waals surface area (Å²) in [5.41, 5.74) is 0.341. The normalized spacial score (nSPS) is 18.8. The Morgan fingerprint density at radius 2 is 1.88 bits per heavy atom. The van der Waals surface area contributed by atoms with Gasteiger partial charge in [-0.3, -0.25) is 4.79 Å². The summed E-state index contributed by atoms with van der Waals surface area (Å²) in [6, 6.07) is 7.62. The summed E-state index contributed by atoms with van der Waals surface area (Å²) in [5, 5.41) is 3.10. The minimum absolute atomic E-state index is 0.130. The molecule has 1 aromatic carbocycles. The minimum Gasteiger partial charge on any atom is -0.458 e. The van der Waals surface area contributed by atoms with Crippen molar-refractivity contribution < 1.29 is 19.1 Å². The highest BCUT2D eigenvalue weighted by atomic mass is 16.6. The van der Waals surface area contributed by atoms with Crippen LogP contribution in [-0.2, 0) is 20.9 Å². The van der Waals surface area contributed by atoms with Crippen LogP contribution in [0.3, 0.4) is 0 Å². The summed E-state index contributed by atoms with van der Waals surface area (Å²) in [6.07, 6.45) is 0. The predicted molar refractivity (Wildman–Crippen MR) is 97.2 cm³/mol. The third kappa shape index (κ3) is 4.82. The van der Waals surface area contributed by atoms with E-state index in [1.807, 2.05) is 30.3 Å². The molecule has 0 saturated carbocycles. The van der Waals surface area contributed by atoms with E-state index < -0.39 is 35.6 Å². The van der Waals surface area contributed by atoms with Crippen molar-refractivity contribution in [1.29, 1.82) is 0 Å². The zero-order valence-corrected chi connectivity index (χ0v) is 16.0. The molecular weight excluding hydrogens is 334 g/mol. The van der Waals surface area contributed by atoms with E-state index in [2.05, 4.69) is 5.32 Å². The second kappa shape index (κ2) is 7.86. The molecule has 7 heteroatoms. The monoisotopic (exact) mass is 361 g/mol. The standard InChI is InChI=1S/C19H27N3O4/c1-13(20-11-14-9-7-6-8-10-14)16(23)22-15(12-21(5)18(22)25)17(24)26-19(2,3)4/h6-10,13,15,20H,11-12H2,1-5H3/t13-,15+/m1/s1. The fourth-order valence-electron chi connectivity index (χ4n) is 2.70. The van der Waals surface area contributed by atoms with Crippen LogP contribution in [0.1, 0.15) is 33.3 Å². The number of imide groups is 1. The van der Waals surface area contributed by atoms with Crippen molar-refractivity contribution in [3.8, 4) is 0 Å². The van der Waals surface area contributed by atoms with Gasteiger partial charge < -0.3 is 15.0 Å². The molecule has 1 saturated heterocycles. The van der Waals surface area contributed by atoms with Crippen LogP contribution in [-0.4, -0.2) is 59.0 Å². The molecule has 0 spiro atoms. The fraction of sp³-hybridized carbons (Fsp3) is 0.526. The van der Waals surface area contributed by atoms with E-state index >= 15 is 0 Å². The molecule has 1 aliphatic heterocycles. The Hall–Kier alpha value is -2.41. The van der Waals surface area contributed by atoms with E-state index in [0.717, 1.165) is 10.5 Å². The van der Waals surface area contributed by atoms with Crippen molar-refractivity contribution in [2.24, 2.45) is 0 Å². The number of nitrogens with one attached hydrogen (secondary N) is 1. The average molecular weight is 361 g/mol. The molecule has 1 N–H and O–H groups in total. The summed E-state index contributed by atoms with van der Waals surface area (Å²) in [7, 11) is 1.56. The molecule has 0 unspecified atom stereocenters. The van der Waals surface area contributed by atoms with E-state index in [-0.39, 0.29) is 6.54 Å². The van der Waals surface area contributed by atoms with Gasteiger partial charge in [0.15, 0.2) is 6.04 Å². The van der Waals surface area contributed by atoms with E-state index in [9.17, 15) is 14.4 Å². The van der Waals surface area contributed by atoms with E-state index in [1.54, 1.807) is 34.7 Å². The molecule has 0 radical (unpaired) electrons. The van der Waals surface area contributed by atoms with Crippen molar-refractivity contribution in [2.45, 2.75) is 51.9 Å². The Labute approximate surface area is 154 Å². The molecule has 26 heavy (non-hydrogen) atoms. The maximum atomic E-state index is 12.8. The number of hydrogen-bond acceptors (Lipinski definition) is 5. The smallest absolute Gasteiger partial charge is 0.331 e. The maximum absolute atomic E-state index is 12.8. The Bertz CT molecular complexity index is 669. The van der Waals surface area contributed by atoms with Gasteiger partial charge in [0.1, 0.15) is 5.60 Å². The van der Waals surface area contributed by atoms with Crippen molar-refractivity contribution >= 4 is 17.9 Å². The fourth-order valence-corrected chi connectivity index (χ4v) is 2.70. The Balaban J connectivity index is 2.07. The Morgan fingerprint density at radius 1 is 1.27 bits per heavy atom. The second-order valence-electron chi connectivity index (χ2n) is 7.51. The summed E-state index contributed by atoms with van der Waals surface area (Å²) < 4.78 is 5.38. The first-order valence-corrected chi connectivity index (χ1v) is 8.68. The average Bonchev–Trinajstić information content (AvgIpc) is 2.87. The van der Waals surface area contributed by atoms with E-state index in [4.69, 9.17) is 4.74 Å². The first-order chi connectivity index (χ1) is 12.1. The molecule has 1 heterocycles. The van der Waals surface area contributed by atoms with Gasteiger partial charge in [0, 0.05) is 13.6 Å². The van der Waals surface area contributed by atoms with Gasteiger partial charge in [-0.25, -0.2) is 14.5 Å². The Morgan fingerprint density at radius 3 is 2.46 bits per heavy atom. The lowest BCUT2D eigenvalue weighted by Crippen LogP contribution is -2.52. The molecular formula is C19H27N3O4. The molecule has 1 aliphatic rings. The number of hydrogen-bond donors (Lipinski definition) is 1. The SMILES string of the molecule is C[C@@H](NCc1ccccc1)C(=O)N1C(=O)N(C)C[C@H]1C(=O)OC(C)(C)C. The van der Waals surface area contributed by atoms with Crippen molar-refractivity contribution in [2.75, 3.05) is 13.6 Å². The third-order valence-electron chi connectivity index (χ3n) is 4.03. The lowest BCUT2D eigenvalue weighted by atomic mass is 10.1. The highest BCUT2D eigenvalue weighted by Crippen LogP contribution is 2.20. The number of ether oxygens (including phenoxy) is 1. The minimum atomic E-state index is -0.930. The van der Waals surface area contributed by atoms with Gasteiger partial charge in [0.2, 0.25) is 5.91 Å². The molecule has 0 aliphatic carbocycles. The zero-order chi connectivity index (χ0) is 19.5. The van der Waals surface area contributed by atoms with Crippen LogP contribution in [0.2, 0.25) is 0 Å².